The summed E-state index contributed by atoms with van der Waals surface area (Å²) in [5.74, 6) is 0.748. The molecule has 1 heterocycles. The quantitative estimate of drug-likeness (QED) is 0.758. The second-order valence-corrected chi connectivity index (χ2v) is 5.98. The van der Waals surface area contributed by atoms with Gasteiger partial charge in [0.15, 0.2) is 0 Å². The van der Waals surface area contributed by atoms with E-state index in [0.717, 1.165) is 25.0 Å². The summed E-state index contributed by atoms with van der Waals surface area (Å²) in [6, 6.07) is 5.71. The summed E-state index contributed by atoms with van der Waals surface area (Å²) in [4.78, 5) is 11.8. The SMILES string of the molecule is CC(C)Oc1ccc(CCC(=O)NCC2CCCO2)cc1N. The molecule has 122 valence electrons. The maximum Gasteiger partial charge on any atom is 0.220 e. The van der Waals surface area contributed by atoms with Crippen LogP contribution in [-0.2, 0) is 16.0 Å². The van der Waals surface area contributed by atoms with Crippen molar-refractivity contribution in [1.82, 2.24) is 5.32 Å². The Morgan fingerprint density at radius 2 is 2.32 bits per heavy atom. The van der Waals surface area contributed by atoms with E-state index >= 15 is 0 Å². The molecule has 3 N–H and O–H groups in total. The van der Waals surface area contributed by atoms with E-state index in [9.17, 15) is 4.79 Å². The molecule has 1 unspecified atom stereocenters. The first-order chi connectivity index (χ1) is 10.5. The number of nitrogens with two attached hydrogens (primary N) is 1. The molecular weight excluding hydrogens is 280 g/mol. The highest BCUT2D eigenvalue weighted by molar-refractivity contribution is 5.76. The number of carbonyl (C=O) groups excluding carboxylic acids is 1. The summed E-state index contributed by atoms with van der Waals surface area (Å²) in [6.07, 6.45) is 3.53. The number of anilines is 1. The first-order valence-corrected chi connectivity index (χ1v) is 7.98. The number of carbonyl (C=O) groups is 1. The van der Waals surface area contributed by atoms with Crippen molar-refractivity contribution in [2.24, 2.45) is 0 Å². The zero-order valence-electron chi connectivity index (χ0n) is 13.4. The molecule has 0 bridgehead atoms. The Balaban J connectivity index is 1.75. The van der Waals surface area contributed by atoms with Crippen molar-refractivity contribution in [3.8, 4) is 5.75 Å². The summed E-state index contributed by atoms with van der Waals surface area (Å²) in [6.45, 7) is 5.35. The standard InChI is InChI=1S/C17H26N2O3/c1-12(2)22-16-7-5-13(10-15(16)18)6-8-17(20)19-11-14-4-3-9-21-14/h5,7,10,12,14H,3-4,6,8-9,11,18H2,1-2H3,(H,19,20). The number of hydrogen-bond acceptors (Lipinski definition) is 4. The first-order valence-electron chi connectivity index (χ1n) is 7.98. The molecule has 0 saturated carbocycles. The molecular formula is C17H26N2O3. The molecule has 1 aliphatic rings. The van der Waals surface area contributed by atoms with Gasteiger partial charge < -0.3 is 20.5 Å². The highest BCUT2D eigenvalue weighted by atomic mass is 16.5. The Hall–Kier alpha value is -1.75. The number of nitrogens with one attached hydrogen (secondary N) is 1. The molecule has 5 heteroatoms. The topological polar surface area (TPSA) is 73.6 Å². The summed E-state index contributed by atoms with van der Waals surface area (Å²) in [5.41, 5.74) is 7.63. The van der Waals surface area contributed by atoms with Crippen molar-refractivity contribution >= 4 is 11.6 Å². The molecule has 1 aromatic rings. The maximum atomic E-state index is 11.8. The molecule has 1 atom stereocenters. The van der Waals surface area contributed by atoms with Crippen LogP contribution in [0.15, 0.2) is 18.2 Å². The van der Waals surface area contributed by atoms with Gasteiger partial charge in [-0.2, -0.15) is 0 Å². The van der Waals surface area contributed by atoms with E-state index < -0.39 is 0 Å². The molecule has 1 aromatic carbocycles. The van der Waals surface area contributed by atoms with Crippen LogP contribution in [0.2, 0.25) is 0 Å². The zero-order valence-corrected chi connectivity index (χ0v) is 13.4. The average molecular weight is 306 g/mol. The number of ether oxygens (including phenoxy) is 2. The van der Waals surface area contributed by atoms with Gasteiger partial charge in [0.1, 0.15) is 5.75 Å². The Kier molecular flexibility index (Phi) is 6.07. The normalized spacial score (nSPS) is 17.7. The summed E-state index contributed by atoms with van der Waals surface area (Å²) in [7, 11) is 0. The van der Waals surface area contributed by atoms with Gasteiger partial charge in [-0.1, -0.05) is 6.07 Å². The minimum Gasteiger partial charge on any atom is -0.489 e. The zero-order chi connectivity index (χ0) is 15.9. The fraction of sp³-hybridized carbons (Fsp3) is 0.588. The second kappa shape index (κ2) is 8.03. The minimum absolute atomic E-state index is 0.0524. The van der Waals surface area contributed by atoms with Crippen LogP contribution in [0.3, 0.4) is 0 Å². The lowest BCUT2D eigenvalue weighted by molar-refractivity contribution is -0.121. The molecule has 1 fully saturated rings. The number of nitrogen functional groups attached to an aromatic ring is 1. The van der Waals surface area contributed by atoms with Crippen LogP contribution in [0.25, 0.3) is 0 Å². The van der Waals surface area contributed by atoms with Crippen molar-refractivity contribution in [1.29, 1.82) is 0 Å². The molecule has 0 spiro atoms. The molecule has 1 saturated heterocycles. The molecule has 1 amide bonds. The largest absolute Gasteiger partial charge is 0.489 e. The Bertz CT molecular complexity index is 497. The fourth-order valence-corrected chi connectivity index (χ4v) is 2.49. The van der Waals surface area contributed by atoms with Gasteiger partial charge in [0.05, 0.1) is 17.9 Å². The lowest BCUT2D eigenvalue weighted by Gasteiger charge is -2.13. The lowest BCUT2D eigenvalue weighted by Crippen LogP contribution is -2.31. The smallest absolute Gasteiger partial charge is 0.220 e. The van der Waals surface area contributed by atoms with E-state index in [1.165, 1.54) is 0 Å². The van der Waals surface area contributed by atoms with Gasteiger partial charge in [-0.15, -0.1) is 0 Å². The van der Waals surface area contributed by atoms with Gasteiger partial charge in [0, 0.05) is 19.6 Å². The van der Waals surface area contributed by atoms with Gasteiger partial charge in [0.25, 0.3) is 0 Å². The molecule has 2 rings (SSSR count). The van der Waals surface area contributed by atoms with Gasteiger partial charge >= 0.3 is 0 Å². The molecule has 22 heavy (non-hydrogen) atoms. The van der Waals surface area contributed by atoms with E-state index in [2.05, 4.69) is 5.32 Å². The van der Waals surface area contributed by atoms with Crippen LogP contribution < -0.4 is 15.8 Å². The third-order valence-corrected chi connectivity index (χ3v) is 3.63. The van der Waals surface area contributed by atoms with Crippen LogP contribution in [0, 0.1) is 0 Å². The van der Waals surface area contributed by atoms with E-state index in [1.807, 2.05) is 32.0 Å². The maximum absolute atomic E-state index is 11.8. The molecule has 5 nitrogen and oxygen atoms in total. The number of aryl methyl sites for hydroxylation is 1. The van der Waals surface area contributed by atoms with E-state index in [4.69, 9.17) is 15.2 Å². The Labute approximate surface area is 132 Å². The number of rotatable bonds is 7. The van der Waals surface area contributed by atoms with Crippen LogP contribution in [0.5, 0.6) is 5.75 Å². The van der Waals surface area contributed by atoms with Crippen LogP contribution in [0.4, 0.5) is 5.69 Å². The van der Waals surface area contributed by atoms with E-state index in [0.29, 0.717) is 30.8 Å². The lowest BCUT2D eigenvalue weighted by atomic mass is 10.1. The summed E-state index contributed by atoms with van der Waals surface area (Å²) >= 11 is 0. The first kappa shape index (κ1) is 16.6. The van der Waals surface area contributed by atoms with Crippen LogP contribution in [-0.4, -0.2) is 31.3 Å². The Morgan fingerprint density at radius 3 is 2.95 bits per heavy atom. The van der Waals surface area contributed by atoms with Crippen molar-refractivity contribution in [2.75, 3.05) is 18.9 Å². The number of amides is 1. The molecule has 0 aromatic heterocycles. The number of hydrogen-bond donors (Lipinski definition) is 2. The van der Waals surface area contributed by atoms with Crippen molar-refractivity contribution in [3.05, 3.63) is 23.8 Å². The van der Waals surface area contributed by atoms with Crippen molar-refractivity contribution in [2.45, 2.75) is 51.7 Å². The fourth-order valence-electron chi connectivity index (χ4n) is 2.49. The molecule has 1 aliphatic heterocycles. The third kappa shape index (κ3) is 5.22. The second-order valence-electron chi connectivity index (χ2n) is 5.98. The van der Waals surface area contributed by atoms with Gasteiger partial charge in [-0.25, -0.2) is 0 Å². The van der Waals surface area contributed by atoms with Gasteiger partial charge in [-0.05, 0) is 50.8 Å². The predicted molar refractivity (Wildman–Crippen MR) is 86.9 cm³/mol. The average Bonchev–Trinajstić information content (AvgIpc) is 2.98. The Morgan fingerprint density at radius 1 is 1.50 bits per heavy atom. The highest BCUT2D eigenvalue weighted by Gasteiger charge is 2.16. The van der Waals surface area contributed by atoms with Gasteiger partial charge in [0.2, 0.25) is 5.91 Å². The van der Waals surface area contributed by atoms with Crippen molar-refractivity contribution < 1.29 is 14.3 Å². The summed E-state index contributed by atoms with van der Waals surface area (Å²) < 4.78 is 11.1. The van der Waals surface area contributed by atoms with Crippen LogP contribution >= 0.6 is 0 Å². The van der Waals surface area contributed by atoms with E-state index in [-0.39, 0.29) is 18.1 Å². The molecule has 0 aliphatic carbocycles. The van der Waals surface area contributed by atoms with Crippen molar-refractivity contribution in [3.63, 3.8) is 0 Å². The molecule has 0 radical (unpaired) electrons. The highest BCUT2D eigenvalue weighted by Crippen LogP contribution is 2.24. The predicted octanol–water partition coefficient (Wildman–Crippen LogP) is 2.28. The minimum atomic E-state index is 0.0524. The summed E-state index contributed by atoms with van der Waals surface area (Å²) in [5, 5.41) is 2.93. The van der Waals surface area contributed by atoms with Crippen LogP contribution in [0.1, 0.15) is 38.7 Å². The van der Waals surface area contributed by atoms with E-state index in [1.54, 1.807) is 0 Å². The third-order valence-electron chi connectivity index (χ3n) is 3.63. The van der Waals surface area contributed by atoms with Gasteiger partial charge in [-0.3, -0.25) is 4.79 Å². The number of benzene rings is 1. The monoisotopic (exact) mass is 306 g/mol.